The minimum atomic E-state index is -0.186. The molecule has 1 aliphatic rings. The largest absolute Gasteiger partial charge is 0.469 e. The lowest BCUT2D eigenvalue weighted by molar-refractivity contribution is -0.144. The number of rotatable bonds is 2. The lowest BCUT2D eigenvalue weighted by Gasteiger charge is -2.23. The van der Waals surface area contributed by atoms with Crippen LogP contribution in [0.4, 0.5) is 0 Å². The Morgan fingerprint density at radius 2 is 2.54 bits per heavy atom. The molecule has 1 saturated heterocycles. The van der Waals surface area contributed by atoms with Gasteiger partial charge in [-0.3, -0.25) is 4.79 Å². The van der Waals surface area contributed by atoms with Gasteiger partial charge in [0, 0.05) is 0 Å². The molecule has 74 valence electrons. The molecule has 1 aliphatic heterocycles. The Bertz CT molecular complexity index is 198. The summed E-state index contributed by atoms with van der Waals surface area (Å²) in [5.74, 6) is -0.186. The molecule has 0 aliphatic carbocycles. The van der Waals surface area contributed by atoms with E-state index in [0.29, 0.717) is 13.0 Å². The third kappa shape index (κ3) is 3.19. The van der Waals surface area contributed by atoms with E-state index in [4.69, 9.17) is 4.74 Å². The highest BCUT2D eigenvalue weighted by Crippen LogP contribution is 2.20. The van der Waals surface area contributed by atoms with E-state index in [9.17, 15) is 4.79 Å². The normalized spacial score (nSPS) is 26.0. The topological polar surface area (TPSA) is 35.5 Å². The molecule has 1 atom stereocenters. The average Bonchev–Trinajstić information content (AvgIpc) is 2.19. The molecule has 13 heavy (non-hydrogen) atoms. The molecule has 1 rings (SSSR count). The quantitative estimate of drug-likeness (QED) is 0.484. The second kappa shape index (κ2) is 5.02. The van der Waals surface area contributed by atoms with Gasteiger partial charge in [-0.1, -0.05) is 6.08 Å². The molecule has 1 heterocycles. The van der Waals surface area contributed by atoms with Crippen LogP contribution >= 0.6 is 0 Å². The van der Waals surface area contributed by atoms with Gasteiger partial charge < -0.3 is 9.47 Å². The first-order valence-corrected chi connectivity index (χ1v) is 4.58. The van der Waals surface area contributed by atoms with Crippen LogP contribution in [0.5, 0.6) is 0 Å². The summed E-state index contributed by atoms with van der Waals surface area (Å²) < 4.78 is 10.1. The van der Waals surface area contributed by atoms with Crippen molar-refractivity contribution in [1.29, 1.82) is 0 Å². The van der Waals surface area contributed by atoms with Gasteiger partial charge in [0.2, 0.25) is 0 Å². The van der Waals surface area contributed by atoms with E-state index in [0.717, 1.165) is 12.8 Å². The van der Waals surface area contributed by atoms with E-state index in [1.165, 1.54) is 12.7 Å². The Labute approximate surface area is 78.7 Å². The molecule has 3 heteroatoms. The van der Waals surface area contributed by atoms with Gasteiger partial charge >= 0.3 is 5.97 Å². The van der Waals surface area contributed by atoms with Gasteiger partial charge in [0.15, 0.2) is 0 Å². The molecule has 0 aromatic rings. The molecular weight excluding hydrogens is 168 g/mol. The van der Waals surface area contributed by atoms with Crippen molar-refractivity contribution in [3.63, 3.8) is 0 Å². The van der Waals surface area contributed by atoms with E-state index in [1.807, 2.05) is 6.92 Å². The fourth-order valence-electron chi connectivity index (χ4n) is 1.38. The van der Waals surface area contributed by atoms with Crippen LogP contribution in [-0.2, 0) is 14.3 Å². The van der Waals surface area contributed by atoms with Crippen molar-refractivity contribution in [2.75, 3.05) is 13.7 Å². The first-order chi connectivity index (χ1) is 6.26. The van der Waals surface area contributed by atoms with Gasteiger partial charge in [-0.25, -0.2) is 0 Å². The number of esters is 1. The first kappa shape index (κ1) is 10.3. The summed E-state index contributed by atoms with van der Waals surface area (Å²) in [5.41, 5.74) is 1.32. The van der Waals surface area contributed by atoms with Crippen LogP contribution in [0.15, 0.2) is 11.6 Å². The first-order valence-electron chi connectivity index (χ1n) is 4.58. The molecule has 0 amide bonds. The molecule has 1 fully saturated rings. The number of allylic oxidation sites excluding steroid dienone is 1. The molecule has 0 aromatic heterocycles. The Kier molecular flexibility index (Phi) is 3.96. The van der Waals surface area contributed by atoms with Crippen LogP contribution in [0.2, 0.25) is 0 Å². The molecule has 0 N–H and O–H groups in total. The van der Waals surface area contributed by atoms with Gasteiger partial charge in [0.05, 0.1) is 26.2 Å². The molecule has 0 saturated carbocycles. The third-order valence-electron chi connectivity index (χ3n) is 2.32. The van der Waals surface area contributed by atoms with Gasteiger partial charge in [0.25, 0.3) is 0 Å². The van der Waals surface area contributed by atoms with Crippen LogP contribution in [0.25, 0.3) is 0 Å². The number of hydrogen-bond acceptors (Lipinski definition) is 3. The maximum Gasteiger partial charge on any atom is 0.308 e. The predicted octanol–water partition coefficient (Wildman–Crippen LogP) is 1.67. The number of ether oxygens (including phenoxy) is 2. The molecule has 3 nitrogen and oxygen atoms in total. The minimum Gasteiger partial charge on any atom is -0.469 e. The van der Waals surface area contributed by atoms with Gasteiger partial charge in [-0.15, -0.1) is 0 Å². The molecule has 0 aromatic carbocycles. The summed E-state index contributed by atoms with van der Waals surface area (Å²) in [5, 5.41) is 0. The van der Waals surface area contributed by atoms with Crippen molar-refractivity contribution in [2.24, 2.45) is 0 Å². The van der Waals surface area contributed by atoms with Crippen molar-refractivity contribution in [2.45, 2.75) is 32.3 Å². The van der Waals surface area contributed by atoms with E-state index < -0.39 is 0 Å². The minimum absolute atomic E-state index is 0.0520. The van der Waals surface area contributed by atoms with Crippen molar-refractivity contribution in [3.05, 3.63) is 11.6 Å². The number of carbonyl (C=O) groups is 1. The fourth-order valence-corrected chi connectivity index (χ4v) is 1.38. The Hall–Kier alpha value is -0.830. The maximum atomic E-state index is 10.9. The Morgan fingerprint density at radius 1 is 1.77 bits per heavy atom. The maximum absolute atomic E-state index is 10.9. The van der Waals surface area contributed by atoms with Crippen LogP contribution in [0, 0.1) is 0 Å². The highest BCUT2D eigenvalue weighted by atomic mass is 16.5. The van der Waals surface area contributed by atoms with Gasteiger partial charge in [-0.2, -0.15) is 0 Å². The summed E-state index contributed by atoms with van der Waals surface area (Å²) in [4.78, 5) is 10.9. The lowest BCUT2D eigenvalue weighted by Crippen LogP contribution is -2.24. The predicted molar refractivity (Wildman–Crippen MR) is 49.4 cm³/mol. The standard InChI is InChI=1S/C10H16O3/c1-3-8-4-5-9(13-7-8)6-10(11)12-2/h3,9H,4-7H2,1-2H3/b8-3+. The zero-order valence-electron chi connectivity index (χ0n) is 8.21. The van der Waals surface area contributed by atoms with Gasteiger partial charge in [0.1, 0.15) is 0 Å². The summed E-state index contributed by atoms with van der Waals surface area (Å²) in [6, 6.07) is 0. The summed E-state index contributed by atoms with van der Waals surface area (Å²) in [6.07, 6.45) is 4.48. The van der Waals surface area contributed by atoms with Crippen molar-refractivity contribution >= 4 is 5.97 Å². The summed E-state index contributed by atoms with van der Waals surface area (Å²) >= 11 is 0. The van der Waals surface area contributed by atoms with E-state index in [2.05, 4.69) is 10.8 Å². The molecule has 0 radical (unpaired) electrons. The van der Waals surface area contributed by atoms with Crippen LogP contribution in [0.3, 0.4) is 0 Å². The van der Waals surface area contributed by atoms with Gasteiger partial charge in [-0.05, 0) is 25.3 Å². The van der Waals surface area contributed by atoms with Crippen LogP contribution in [-0.4, -0.2) is 25.8 Å². The summed E-state index contributed by atoms with van der Waals surface area (Å²) in [7, 11) is 1.41. The molecule has 0 bridgehead atoms. The number of carbonyl (C=O) groups excluding carboxylic acids is 1. The Morgan fingerprint density at radius 3 is 3.00 bits per heavy atom. The summed E-state index contributed by atoms with van der Waals surface area (Å²) in [6.45, 7) is 2.68. The van der Waals surface area contributed by atoms with Crippen LogP contribution < -0.4 is 0 Å². The SMILES string of the molecule is C/C=C1\CCC(CC(=O)OC)OC1. The second-order valence-corrected chi connectivity index (χ2v) is 3.20. The highest BCUT2D eigenvalue weighted by Gasteiger charge is 2.19. The smallest absolute Gasteiger partial charge is 0.308 e. The number of hydrogen-bond donors (Lipinski definition) is 0. The van der Waals surface area contributed by atoms with Crippen LogP contribution in [0.1, 0.15) is 26.2 Å². The average molecular weight is 184 g/mol. The lowest BCUT2D eigenvalue weighted by atomic mass is 10.0. The van der Waals surface area contributed by atoms with E-state index in [-0.39, 0.29) is 12.1 Å². The zero-order chi connectivity index (χ0) is 9.68. The fraction of sp³-hybridized carbons (Fsp3) is 0.700. The zero-order valence-corrected chi connectivity index (χ0v) is 8.21. The van der Waals surface area contributed by atoms with Crippen molar-refractivity contribution < 1.29 is 14.3 Å². The highest BCUT2D eigenvalue weighted by molar-refractivity contribution is 5.69. The molecule has 0 spiro atoms. The molecular formula is C10H16O3. The monoisotopic (exact) mass is 184 g/mol. The van der Waals surface area contributed by atoms with Crippen molar-refractivity contribution in [3.8, 4) is 0 Å². The van der Waals surface area contributed by atoms with Crippen molar-refractivity contribution in [1.82, 2.24) is 0 Å². The van der Waals surface area contributed by atoms with E-state index >= 15 is 0 Å². The molecule has 1 unspecified atom stereocenters. The third-order valence-corrected chi connectivity index (χ3v) is 2.32. The Balaban J connectivity index is 2.29. The number of methoxy groups -OCH3 is 1. The second-order valence-electron chi connectivity index (χ2n) is 3.20. The van der Waals surface area contributed by atoms with E-state index in [1.54, 1.807) is 0 Å².